The van der Waals surface area contributed by atoms with Crippen LogP contribution in [0, 0.1) is 11.3 Å². The molecule has 0 unspecified atom stereocenters. The third-order valence-electron chi connectivity index (χ3n) is 1.83. The van der Waals surface area contributed by atoms with Crippen molar-refractivity contribution in [2.45, 2.75) is 6.42 Å². The van der Waals surface area contributed by atoms with Gasteiger partial charge in [0.15, 0.2) is 0 Å². The van der Waals surface area contributed by atoms with Gasteiger partial charge in [-0.2, -0.15) is 5.26 Å². The molecule has 0 amide bonds. The Labute approximate surface area is 92.8 Å². The maximum atomic E-state index is 10.3. The molecular formula is C11H11NO4. The Hall–Kier alpha value is -2.22. The minimum Gasteiger partial charge on any atom is -0.497 e. The van der Waals surface area contributed by atoms with E-state index in [1.165, 1.54) is 13.2 Å². The number of benzene rings is 1. The number of carbonyl (C=O) groups is 1. The number of nitriles is 1. The SMILES string of the molecule is COc1cc(C#N)cc(OCCC(=O)O)c1. The van der Waals surface area contributed by atoms with Gasteiger partial charge in [0.05, 0.1) is 31.8 Å². The van der Waals surface area contributed by atoms with E-state index in [9.17, 15) is 4.79 Å². The minimum absolute atomic E-state index is 0.0629. The smallest absolute Gasteiger partial charge is 0.306 e. The van der Waals surface area contributed by atoms with Crippen LogP contribution in [-0.2, 0) is 4.79 Å². The predicted molar refractivity (Wildman–Crippen MR) is 55.5 cm³/mol. The van der Waals surface area contributed by atoms with Crippen molar-refractivity contribution in [1.82, 2.24) is 0 Å². The molecule has 0 radical (unpaired) electrons. The molecular weight excluding hydrogens is 210 g/mol. The van der Waals surface area contributed by atoms with E-state index in [0.29, 0.717) is 17.1 Å². The van der Waals surface area contributed by atoms with Crippen LogP contribution in [0.2, 0.25) is 0 Å². The number of aliphatic carboxylic acids is 1. The van der Waals surface area contributed by atoms with Gasteiger partial charge in [0.1, 0.15) is 11.5 Å². The van der Waals surface area contributed by atoms with Crippen molar-refractivity contribution in [1.29, 1.82) is 5.26 Å². The molecule has 0 aliphatic rings. The Morgan fingerprint density at radius 1 is 1.44 bits per heavy atom. The zero-order valence-corrected chi connectivity index (χ0v) is 8.77. The van der Waals surface area contributed by atoms with E-state index in [1.54, 1.807) is 12.1 Å². The maximum Gasteiger partial charge on any atom is 0.306 e. The number of carboxylic acids is 1. The Bertz CT molecular complexity index is 422. The molecule has 0 aliphatic carbocycles. The van der Waals surface area contributed by atoms with Crippen LogP contribution in [0.15, 0.2) is 18.2 Å². The molecule has 5 heteroatoms. The summed E-state index contributed by atoms with van der Waals surface area (Å²) in [5, 5.41) is 17.2. The molecule has 0 saturated carbocycles. The number of hydrogen-bond donors (Lipinski definition) is 1. The monoisotopic (exact) mass is 221 g/mol. The number of ether oxygens (including phenoxy) is 2. The highest BCUT2D eigenvalue weighted by Gasteiger charge is 2.03. The summed E-state index contributed by atoms with van der Waals surface area (Å²) in [6.07, 6.45) is -0.0842. The Kier molecular flexibility index (Phi) is 4.16. The van der Waals surface area contributed by atoms with Crippen molar-refractivity contribution in [3.63, 3.8) is 0 Å². The van der Waals surface area contributed by atoms with E-state index in [2.05, 4.69) is 0 Å². The van der Waals surface area contributed by atoms with Crippen LogP contribution < -0.4 is 9.47 Å². The van der Waals surface area contributed by atoms with E-state index < -0.39 is 5.97 Å². The molecule has 0 spiro atoms. The van der Waals surface area contributed by atoms with Gasteiger partial charge < -0.3 is 14.6 Å². The summed E-state index contributed by atoms with van der Waals surface area (Å²) < 4.78 is 10.2. The lowest BCUT2D eigenvalue weighted by Gasteiger charge is -2.07. The molecule has 0 atom stereocenters. The van der Waals surface area contributed by atoms with Crippen LogP contribution in [-0.4, -0.2) is 24.8 Å². The fourth-order valence-electron chi connectivity index (χ4n) is 1.09. The van der Waals surface area contributed by atoms with Gasteiger partial charge in [0, 0.05) is 6.07 Å². The number of carboxylic acid groups (broad SMARTS) is 1. The summed E-state index contributed by atoms with van der Waals surface area (Å²) in [7, 11) is 1.48. The second-order valence-electron chi connectivity index (χ2n) is 3.00. The Morgan fingerprint density at radius 3 is 2.69 bits per heavy atom. The molecule has 0 fully saturated rings. The van der Waals surface area contributed by atoms with Crippen LogP contribution in [0.1, 0.15) is 12.0 Å². The summed E-state index contributed by atoms with van der Waals surface area (Å²) in [6, 6.07) is 6.67. The summed E-state index contributed by atoms with van der Waals surface area (Å²) in [5.74, 6) is 0.00456. The molecule has 1 aromatic carbocycles. The van der Waals surface area contributed by atoms with Crippen LogP contribution in [0.25, 0.3) is 0 Å². The van der Waals surface area contributed by atoms with E-state index in [-0.39, 0.29) is 13.0 Å². The lowest BCUT2D eigenvalue weighted by Crippen LogP contribution is -2.05. The van der Waals surface area contributed by atoms with Gasteiger partial charge in [-0.05, 0) is 12.1 Å². The fourth-order valence-corrected chi connectivity index (χ4v) is 1.09. The van der Waals surface area contributed by atoms with Crippen molar-refractivity contribution in [2.24, 2.45) is 0 Å². The summed E-state index contributed by atoms with van der Waals surface area (Å²) in [4.78, 5) is 10.3. The first kappa shape index (κ1) is 11.9. The first-order valence-electron chi connectivity index (χ1n) is 4.59. The second-order valence-corrected chi connectivity index (χ2v) is 3.00. The van der Waals surface area contributed by atoms with E-state index in [0.717, 1.165) is 0 Å². The molecule has 1 N–H and O–H groups in total. The number of hydrogen-bond acceptors (Lipinski definition) is 4. The lowest BCUT2D eigenvalue weighted by atomic mass is 10.2. The van der Waals surface area contributed by atoms with Gasteiger partial charge >= 0.3 is 5.97 Å². The molecule has 0 bridgehead atoms. The molecule has 5 nitrogen and oxygen atoms in total. The first-order valence-corrected chi connectivity index (χ1v) is 4.59. The largest absolute Gasteiger partial charge is 0.497 e. The maximum absolute atomic E-state index is 10.3. The van der Waals surface area contributed by atoms with E-state index in [4.69, 9.17) is 19.8 Å². The summed E-state index contributed by atoms with van der Waals surface area (Å²) in [6.45, 7) is 0.0629. The fraction of sp³-hybridized carbons (Fsp3) is 0.273. The Balaban J connectivity index is 2.72. The van der Waals surface area contributed by atoms with Gasteiger partial charge in [-0.3, -0.25) is 4.79 Å². The molecule has 84 valence electrons. The van der Waals surface area contributed by atoms with Gasteiger partial charge in [0.2, 0.25) is 0 Å². The second kappa shape index (κ2) is 5.61. The quantitative estimate of drug-likeness (QED) is 0.813. The van der Waals surface area contributed by atoms with Gasteiger partial charge in [-0.15, -0.1) is 0 Å². The summed E-state index contributed by atoms with van der Waals surface area (Å²) in [5.41, 5.74) is 0.407. The van der Waals surface area contributed by atoms with Gasteiger partial charge in [-0.1, -0.05) is 0 Å². The lowest BCUT2D eigenvalue weighted by molar-refractivity contribution is -0.137. The Morgan fingerprint density at radius 2 is 2.12 bits per heavy atom. The zero-order chi connectivity index (χ0) is 12.0. The van der Waals surface area contributed by atoms with Crippen molar-refractivity contribution in [3.8, 4) is 17.6 Å². The molecule has 0 saturated heterocycles. The van der Waals surface area contributed by atoms with E-state index in [1.807, 2.05) is 6.07 Å². The van der Waals surface area contributed by atoms with Crippen molar-refractivity contribution in [3.05, 3.63) is 23.8 Å². The van der Waals surface area contributed by atoms with E-state index >= 15 is 0 Å². The minimum atomic E-state index is -0.927. The molecule has 0 aromatic heterocycles. The van der Waals surface area contributed by atoms with Gasteiger partial charge in [0.25, 0.3) is 0 Å². The number of nitrogens with zero attached hydrogens (tertiary/aromatic N) is 1. The topological polar surface area (TPSA) is 79.5 Å². The standard InChI is InChI=1S/C11H11NO4/c1-15-9-4-8(7-12)5-10(6-9)16-3-2-11(13)14/h4-6H,2-3H2,1H3,(H,13,14). The van der Waals surface area contributed by atoms with Gasteiger partial charge in [-0.25, -0.2) is 0 Å². The average molecular weight is 221 g/mol. The number of rotatable bonds is 5. The molecule has 1 aromatic rings. The normalized spacial score (nSPS) is 9.25. The summed E-state index contributed by atoms with van der Waals surface area (Å²) >= 11 is 0. The number of methoxy groups -OCH3 is 1. The molecule has 16 heavy (non-hydrogen) atoms. The highest BCUT2D eigenvalue weighted by molar-refractivity contribution is 5.66. The highest BCUT2D eigenvalue weighted by atomic mass is 16.5. The van der Waals surface area contributed by atoms with Crippen LogP contribution >= 0.6 is 0 Å². The van der Waals surface area contributed by atoms with Crippen molar-refractivity contribution < 1.29 is 19.4 Å². The predicted octanol–water partition coefficient (Wildman–Crippen LogP) is 1.42. The molecule has 0 aliphatic heterocycles. The van der Waals surface area contributed by atoms with Crippen LogP contribution in [0.4, 0.5) is 0 Å². The molecule has 1 rings (SSSR count). The third kappa shape index (κ3) is 3.50. The van der Waals surface area contributed by atoms with Crippen molar-refractivity contribution >= 4 is 5.97 Å². The van der Waals surface area contributed by atoms with Crippen LogP contribution in [0.3, 0.4) is 0 Å². The zero-order valence-electron chi connectivity index (χ0n) is 8.77. The molecule has 0 heterocycles. The average Bonchev–Trinajstić information content (AvgIpc) is 2.28. The highest BCUT2D eigenvalue weighted by Crippen LogP contribution is 2.22. The third-order valence-corrected chi connectivity index (χ3v) is 1.83. The van der Waals surface area contributed by atoms with Crippen molar-refractivity contribution in [2.75, 3.05) is 13.7 Å². The first-order chi connectivity index (χ1) is 7.65. The van der Waals surface area contributed by atoms with Crippen LogP contribution in [0.5, 0.6) is 11.5 Å².